The SMILES string of the molecule is O=C1CC2(C(=O)N(Cc3cccc(C(F)(F)F)c3)c3ccccc32)c2cn[nH]c2N1. The Labute approximate surface area is 168 Å². The Morgan fingerprint density at radius 2 is 1.87 bits per heavy atom. The summed E-state index contributed by atoms with van der Waals surface area (Å²) in [5.74, 6) is -0.343. The van der Waals surface area contributed by atoms with Crippen LogP contribution in [-0.2, 0) is 27.7 Å². The minimum Gasteiger partial charge on any atom is -0.311 e. The van der Waals surface area contributed by atoms with Gasteiger partial charge in [0.2, 0.25) is 11.8 Å². The van der Waals surface area contributed by atoms with Crippen molar-refractivity contribution in [3.05, 3.63) is 77.0 Å². The maximum Gasteiger partial charge on any atom is 0.416 e. The van der Waals surface area contributed by atoms with E-state index in [9.17, 15) is 22.8 Å². The van der Waals surface area contributed by atoms with Crippen LogP contribution in [0.3, 0.4) is 0 Å². The molecule has 2 aliphatic rings. The highest BCUT2D eigenvalue weighted by molar-refractivity contribution is 6.15. The number of fused-ring (bicyclic) bond motifs is 4. The molecule has 1 atom stereocenters. The van der Waals surface area contributed by atoms with Gasteiger partial charge in [0.05, 0.1) is 18.3 Å². The van der Waals surface area contributed by atoms with E-state index in [1.807, 2.05) is 0 Å². The van der Waals surface area contributed by atoms with E-state index in [0.29, 0.717) is 28.2 Å². The van der Waals surface area contributed by atoms with E-state index >= 15 is 0 Å². The molecule has 30 heavy (non-hydrogen) atoms. The van der Waals surface area contributed by atoms with Gasteiger partial charge in [-0.1, -0.05) is 30.3 Å². The first kappa shape index (κ1) is 18.4. The molecule has 2 aliphatic heterocycles. The zero-order chi connectivity index (χ0) is 21.1. The number of aromatic amines is 1. The lowest BCUT2D eigenvalue weighted by Gasteiger charge is -2.31. The fourth-order valence-electron chi connectivity index (χ4n) is 4.37. The predicted octanol–water partition coefficient (Wildman–Crippen LogP) is 3.60. The highest BCUT2D eigenvalue weighted by Crippen LogP contribution is 2.52. The average molecular weight is 412 g/mol. The molecule has 1 aromatic heterocycles. The third-order valence-corrected chi connectivity index (χ3v) is 5.65. The Balaban J connectivity index is 1.62. The third-order valence-electron chi connectivity index (χ3n) is 5.65. The number of anilines is 2. The van der Waals surface area contributed by atoms with Crippen molar-refractivity contribution < 1.29 is 22.8 Å². The molecular weight excluding hydrogens is 397 g/mol. The van der Waals surface area contributed by atoms with Crippen molar-refractivity contribution in [3.63, 3.8) is 0 Å². The lowest BCUT2D eigenvalue weighted by molar-refractivity contribution is -0.137. The van der Waals surface area contributed by atoms with Gasteiger partial charge in [-0.2, -0.15) is 18.3 Å². The van der Waals surface area contributed by atoms with Gasteiger partial charge in [-0.25, -0.2) is 0 Å². The van der Waals surface area contributed by atoms with Crippen LogP contribution in [0.15, 0.2) is 54.7 Å². The van der Waals surface area contributed by atoms with Crippen LogP contribution >= 0.6 is 0 Å². The van der Waals surface area contributed by atoms with Crippen LogP contribution in [0.5, 0.6) is 0 Å². The van der Waals surface area contributed by atoms with E-state index in [4.69, 9.17) is 0 Å². The van der Waals surface area contributed by atoms with Crippen LogP contribution in [0.2, 0.25) is 0 Å². The maximum atomic E-state index is 13.7. The largest absolute Gasteiger partial charge is 0.416 e. The van der Waals surface area contributed by atoms with Gasteiger partial charge in [-0.15, -0.1) is 0 Å². The number of hydrogen-bond acceptors (Lipinski definition) is 3. The molecule has 1 unspecified atom stereocenters. The maximum absolute atomic E-state index is 13.7. The van der Waals surface area contributed by atoms with Crippen molar-refractivity contribution in [1.82, 2.24) is 10.2 Å². The van der Waals surface area contributed by atoms with Gasteiger partial charge >= 0.3 is 6.18 Å². The van der Waals surface area contributed by atoms with Gasteiger partial charge in [-0.05, 0) is 29.3 Å². The fourth-order valence-corrected chi connectivity index (χ4v) is 4.37. The van der Waals surface area contributed by atoms with Crippen LogP contribution in [0.4, 0.5) is 24.7 Å². The Morgan fingerprint density at radius 1 is 1.07 bits per heavy atom. The first-order valence-electron chi connectivity index (χ1n) is 9.22. The monoisotopic (exact) mass is 412 g/mol. The molecule has 0 aliphatic carbocycles. The van der Waals surface area contributed by atoms with Crippen LogP contribution < -0.4 is 10.2 Å². The zero-order valence-electron chi connectivity index (χ0n) is 15.5. The fraction of sp³-hybridized carbons (Fsp3) is 0.190. The lowest BCUT2D eigenvalue weighted by atomic mass is 9.72. The number of amides is 2. The summed E-state index contributed by atoms with van der Waals surface area (Å²) in [5.41, 5.74) is 0.0666. The smallest absolute Gasteiger partial charge is 0.311 e. The number of aromatic nitrogens is 2. The molecule has 2 N–H and O–H groups in total. The molecule has 0 saturated heterocycles. The Bertz CT molecular complexity index is 1190. The van der Waals surface area contributed by atoms with Crippen molar-refractivity contribution in [1.29, 1.82) is 0 Å². The van der Waals surface area contributed by atoms with Crippen LogP contribution in [-0.4, -0.2) is 22.0 Å². The zero-order valence-corrected chi connectivity index (χ0v) is 15.5. The number of H-pyrrole nitrogens is 1. The van der Waals surface area contributed by atoms with Crippen LogP contribution in [0.1, 0.15) is 28.7 Å². The van der Waals surface area contributed by atoms with Crippen molar-refractivity contribution in [2.24, 2.45) is 0 Å². The number of carbonyl (C=O) groups is 2. The van der Waals surface area contributed by atoms with Crippen molar-refractivity contribution >= 4 is 23.3 Å². The van der Waals surface area contributed by atoms with Gasteiger partial charge in [0.25, 0.3) is 0 Å². The van der Waals surface area contributed by atoms with Crippen LogP contribution in [0.25, 0.3) is 0 Å². The quantitative estimate of drug-likeness (QED) is 0.675. The lowest BCUT2D eigenvalue weighted by Crippen LogP contribution is -2.46. The topological polar surface area (TPSA) is 78.1 Å². The first-order chi connectivity index (χ1) is 14.3. The van der Waals surface area contributed by atoms with E-state index in [1.54, 1.807) is 30.3 Å². The summed E-state index contributed by atoms with van der Waals surface area (Å²) in [7, 11) is 0. The Morgan fingerprint density at radius 3 is 2.67 bits per heavy atom. The van der Waals surface area contributed by atoms with Crippen molar-refractivity contribution in [2.75, 3.05) is 10.2 Å². The molecule has 9 heteroatoms. The normalized spacial score (nSPS) is 20.3. The summed E-state index contributed by atoms with van der Waals surface area (Å²) in [6.45, 7) is -0.0453. The highest BCUT2D eigenvalue weighted by Gasteiger charge is 2.56. The number of benzene rings is 2. The summed E-state index contributed by atoms with van der Waals surface area (Å²) in [4.78, 5) is 27.6. The molecule has 2 aromatic carbocycles. The summed E-state index contributed by atoms with van der Waals surface area (Å²) < 4.78 is 39.4. The molecule has 0 bridgehead atoms. The number of carbonyl (C=O) groups excluding carboxylic acids is 2. The average Bonchev–Trinajstić information content (AvgIpc) is 3.26. The first-order valence-corrected chi connectivity index (χ1v) is 9.22. The van der Waals surface area contributed by atoms with Gasteiger partial charge in [-0.3, -0.25) is 14.7 Å². The van der Waals surface area contributed by atoms with Crippen molar-refractivity contribution in [2.45, 2.75) is 24.6 Å². The summed E-state index contributed by atoms with van der Waals surface area (Å²) in [6, 6.07) is 11.9. The second-order valence-corrected chi connectivity index (χ2v) is 7.40. The molecule has 2 amide bonds. The number of hydrogen-bond donors (Lipinski definition) is 2. The van der Waals surface area contributed by atoms with E-state index in [1.165, 1.54) is 17.2 Å². The third kappa shape index (κ3) is 2.54. The molecule has 5 rings (SSSR count). The standard InChI is InChI=1S/C21H15F3N4O2/c22-21(23,24)13-5-3-4-12(8-13)11-28-16-7-2-1-6-14(16)20(19(28)30)9-17(29)26-18-15(20)10-25-27-18/h1-8,10H,9,11H2,(H2,25,26,27,29). The van der Waals surface area contributed by atoms with E-state index in [0.717, 1.165) is 12.1 Å². The predicted molar refractivity (Wildman–Crippen MR) is 102 cm³/mol. The number of halogens is 3. The molecule has 0 fully saturated rings. The van der Waals surface area contributed by atoms with E-state index in [2.05, 4.69) is 15.5 Å². The van der Waals surface area contributed by atoms with Gasteiger partial charge < -0.3 is 10.2 Å². The van der Waals surface area contributed by atoms with Crippen molar-refractivity contribution in [3.8, 4) is 0 Å². The van der Waals surface area contributed by atoms with Gasteiger partial charge in [0.15, 0.2) is 0 Å². The molecule has 3 aromatic rings. The van der Waals surface area contributed by atoms with E-state index < -0.39 is 17.2 Å². The highest BCUT2D eigenvalue weighted by atomic mass is 19.4. The number of para-hydroxylation sites is 1. The molecular formula is C21H15F3N4O2. The molecule has 152 valence electrons. The minimum atomic E-state index is -4.47. The Hall–Kier alpha value is -3.62. The Kier molecular flexibility index (Phi) is 3.80. The second kappa shape index (κ2) is 6.19. The molecule has 3 heterocycles. The molecule has 6 nitrogen and oxygen atoms in total. The molecule has 1 spiro atoms. The van der Waals surface area contributed by atoms with Gasteiger partial charge in [0.1, 0.15) is 11.2 Å². The number of nitrogens with one attached hydrogen (secondary N) is 2. The number of rotatable bonds is 2. The summed E-state index contributed by atoms with van der Waals surface area (Å²) in [6.07, 6.45) is -3.07. The summed E-state index contributed by atoms with van der Waals surface area (Å²) >= 11 is 0. The van der Waals surface area contributed by atoms with Gasteiger partial charge in [0, 0.05) is 17.7 Å². The van der Waals surface area contributed by atoms with Crippen LogP contribution in [0, 0.1) is 0 Å². The molecule has 0 saturated carbocycles. The minimum absolute atomic E-state index is 0.0453. The second-order valence-electron chi connectivity index (χ2n) is 7.40. The van der Waals surface area contributed by atoms with E-state index in [-0.39, 0.29) is 24.8 Å². The number of nitrogens with zero attached hydrogens (tertiary/aromatic N) is 2. The summed E-state index contributed by atoms with van der Waals surface area (Å²) in [5, 5.41) is 9.36. The number of alkyl halides is 3. The molecule has 0 radical (unpaired) electrons.